The van der Waals surface area contributed by atoms with Crippen molar-refractivity contribution in [1.29, 1.82) is 0 Å². The topological polar surface area (TPSA) is 73.3 Å². The summed E-state index contributed by atoms with van der Waals surface area (Å²) in [5.41, 5.74) is 5.07. The lowest BCUT2D eigenvalue weighted by molar-refractivity contribution is -0.117. The Kier molecular flexibility index (Phi) is 7.18. The van der Waals surface area contributed by atoms with Gasteiger partial charge in [-0.25, -0.2) is 9.97 Å². The summed E-state index contributed by atoms with van der Waals surface area (Å²) < 4.78 is 11.4. The Morgan fingerprint density at radius 3 is 2.29 bits per heavy atom. The number of carbonyl (C=O) groups excluding carboxylic acids is 1. The van der Waals surface area contributed by atoms with Crippen LogP contribution in [0.2, 0.25) is 0 Å². The van der Waals surface area contributed by atoms with Crippen LogP contribution in [0.3, 0.4) is 0 Å². The molecule has 4 rings (SSSR count). The molecule has 0 aliphatic carbocycles. The minimum absolute atomic E-state index is 0.175. The standard InChI is InChI=1S/C28H27N3O3/c1-19-13-23(16-26(33-3)20(19)2)31-27-17-28(30-18-29-27)34-25-11-9-22(10-12-25)15-24(32)14-21-7-5-4-6-8-21/h4-13,16-18H,14-15H2,1-3H3,(H,29,30,31). The van der Waals surface area contributed by atoms with Crippen LogP contribution in [0.1, 0.15) is 22.3 Å². The molecule has 0 saturated carbocycles. The number of anilines is 2. The van der Waals surface area contributed by atoms with Crippen molar-refractivity contribution in [3.05, 3.63) is 101 Å². The van der Waals surface area contributed by atoms with Crippen molar-refractivity contribution in [3.63, 3.8) is 0 Å². The Morgan fingerprint density at radius 1 is 0.882 bits per heavy atom. The van der Waals surface area contributed by atoms with Crippen LogP contribution in [0, 0.1) is 13.8 Å². The summed E-state index contributed by atoms with van der Waals surface area (Å²) >= 11 is 0. The molecular weight excluding hydrogens is 426 g/mol. The number of benzene rings is 3. The largest absolute Gasteiger partial charge is 0.496 e. The minimum atomic E-state index is 0.175. The lowest BCUT2D eigenvalue weighted by Gasteiger charge is -2.13. The molecule has 0 unspecified atom stereocenters. The van der Waals surface area contributed by atoms with E-state index in [2.05, 4.69) is 15.3 Å². The highest BCUT2D eigenvalue weighted by molar-refractivity contribution is 5.83. The van der Waals surface area contributed by atoms with Crippen molar-refractivity contribution < 1.29 is 14.3 Å². The third-order valence-electron chi connectivity index (χ3n) is 5.55. The third kappa shape index (κ3) is 5.98. The van der Waals surface area contributed by atoms with Crippen LogP contribution in [0.5, 0.6) is 17.4 Å². The Bertz CT molecular complexity index is 1270. The Labute approximate surface area is 199 Å². The average molecular weight is 454 g/mol. The molecule has 1 N–H and O–H groups in total. The third-order valence-corrected chi connectivity index (χ3v) is 5.55. The highest BCUT2D eigenvalue weighted by atomic mass is 16.5. The van der Waals surface area contributed by atoms with E-state index in [9.17, 15) is 4.79 Å². The van der Waals surface area contributed by atoms with Crippen molar-refractivity contribution >= 4 is 17.3 Å². The molecule has 3 aromatic carbocycles. The molecule has 6 heteroatoms. The summed E-state index contributed by atoms with van der Waals surface area (Å²) in [6, 6.07) is 23.0. The van der Waals surface area contributed by atoms with Gasteiger partial charge in [-0.15, -0.1) is 0 Å². The second kappa shape index (κ2) is 10.6. The van der Waals surface area contributed by atoms with Gasteiger partial charge in [-0.05, 0) is 54.3 Å². The minimum Gasteiger partial charge on any atom is -0.496 e. The molecule has 1 aromatic heterocycles. The van der Waals surface area contributed by atoms with Gasteiger partial charge in [0.2, 0.25) is 5.88 Å². The average Bonchev–Trinajstić information content (AvgIpc) is 2.83. The second-order valence-electron chi connectivity index (χ2n) is 8.11. The SMILES string of the molecule is COc1cc(Nc2cc(Oc3ccc(CC(=O)Cc4ccccc4)cc3)ncn2)cc(C)c1C. The van der Waals surface area contributed by atoms with Crippen LogP contribution in [0.4, 0.5) is 11.5 Å². The molecule has 34 heavy (non-hydrogen) atoms. The molecule has 0 aliphatic rings. The number of hydrogen-bond donors (Lipinski definition) is 1. The molecule has 0 atom stereocenters. The summed E-state index contributed by atoms with van der Waals surface area (Å²) in [4.78, 5) is 20.9. The number of nitrogens with zero attached hydrogens (tertiary/aromatic N) is 2. The lowest BCUT2D eigenvalue weighted by Crippen LogP contribution is -2.06. The van der Waals surface area contributed by atoms with Crippen LogP contribution in [-0.2, 0) is 17.6 Å². The number of carbonyl (C=O) groups is 1. The predicted molar refractivity (Wildman–Crippen MR) is 133 cm³/mol. The van der Waals surface area contributed by atoms with E-state index in [1.54, 1.807) is 13.2 Å². The normalized spacial score (nSPS) is 10.6. The first kappa shape index (κ1) is 23.0. The van der Waals surface area contributed by atoms with E-state index < -0.39 is 0 Å². The highest BCUT2D eigenvalue weighted by Gasteiger charge is 2.09. The smallest absolute Gasteiger partial charge is 0.224 e. The van der Waals surface area contributed by atoms with Gasteiger partial charge in [-0.3, -0.25) is 4.79 Å². The monoisotopic (exact) mass is 453 g/mol. The maximum absolute atomic E-state index is 12.4. The first-order chi connectivity index (χ1) is 16.5. The number of rotatable bonds is 9. The zero-order valence-corrected chi connectivity index (χ0v) is 19.5. The summed E-state index contributed by atoms with van der Waals surface area (Å²) in [6.45, 7) is 4.06. The number of Topliss-reactive ketones (excluding diaryl/α,β-unsaturated/α-hetero) is 1. The molecule has 0 fully saturated rings. The molecule has 1 heterocycles. The fraction of sp³-hybridized carbons (Fsp3) is 0.179. The first-order valence-electron chi connectivity index (χ1n) is 11.1. The van der Waals surface area contributed by atoms with E-state index in [-0.39, 0.29) is 5.78 Å². The molecule has 6 nitrogen and oxygen atoms in total. The molecule has 172 valence electrons. The van der Waals surface area contributed by atoms with E-state index in [4.69, 9.17) is 9.47 Å². The van der Waals surface area contributed by atoms with Crippen molar-refractivity contribution in [3.8, 4) is 17.4 Å². The zero-order chi connectivity index (χ0) is 23.9. The number of methoxy groups -OCH3 is 1. The van der Waals surface area contributed by atoms with E-state index in [1.165, 1.54) is 6.33 Å². The molecule has 0 amide bonds. The van der Waals surface area contributed by atoms with Crippen LogP contribution in [0.25, 0.3) is 0 Å². The lowest BCUT2D eigenvalue weighted by atomic mass is 10.0. The second-order valence-corrected chi connectivity index (χ2v) is 8.11. The van der Waals surface area contributed by atoms with Gasteiger partial charge in [0.1, 0.15) is 29.4 Å². The summed E-state index contributed by atoms with van der Waals surface area (Å²) in [6.07, 6.45) is 2.27. The molecular formula is C28H27N3O3. The van der Waals surface area contributed by atoms with Crippen LogP contribution >= 0.6 is 0 Å². The number of nitrogens with one attached hydrogen (secondary N) is 1. The van der Waals surface area contributed by atoms with Crippen molar-refractivity contribution in [2.75, 3.05) is 12.4 Å². The molecule has 0 saturated heterocycles. The van der Waals surface area contributed by atoms with Gasteiger partial charge >= 0.3 is 0 Å². The quantitative estimate of drug-likeness (QED) is 0.335. The highest BCUT2D eigenvalue weighted by Crippen LogP contribution is 2.29. The van der Waals surface area contributed by atoms with E-state index in [0.29, 0.717) is 30.3 Å². The van der Waals surface area contributed by atoms with Crippen LogP contribution in [-0.4, -0.2) is 22.9 Å². The van der Waals surface area contributed by atoms with Gasteiger partial charge in [0.25, 0.3) is 0 Å². The molecule has 0 radical (unpaired) electrons. The molecule has 0 aliphatic heterocycles. The van der Waals surface area contributed by atoms with E-state index in [1.807, 2.05) is 80.6 Å². The number of ether oxygens (including phenoxy) is 2. The predicted octanol–water partition coefficient (Wildman–Crippen LogP) is 5.99. The van der Waals surface area contributed by atoms with Gasteiger partial charge in [0.15, 0.2) is 0 Å². The fourth-order valence-electron chi connectivity index (χ4n) is 3.63. The van der Waals surface area contributed by atoms with Crippen LogP contribution in [0.15, 0.2) is 79.1 Å². The van der Waals surface area contributed by atoms with Gasteiger partial charge in [-0.2, -0.15) is 0 Å². The first-order valence-corrected chi connectivity index (χ1v) is 11.1. The van der Waals surface area contributed by atoms with E-state index >= 15 is 0 Å². The van der Waals surface area contributed by atoms with Crippen molar-refractivity contribution in [1.82, 2.24) is 9.97 Å². The van der Waals surface area contributed by atoms with Gasteiger partial charge < -0.3 is 14.8 Å². The van der Waals surface area contributed by atoms with Crippen molar-refractivity contribution in [2.24, 2.45) is 0 Å². The molecule has 4 aromatic rings. The van der Waals surface area contributed by atoms with Gasteiger partial charge in [0.05, 0.1) is 7.11 Å². The van der Waals surface area contributed by atoms with Gasteiger partial charge in [-0.1, -0.05) is 42.5 Å². The Morgan fingerprint density at radius 2 is 1.59 bits per heavy atom. The maximum atomic E-state index is 12.4. The van der Waals surface area contributed by atoms with Crippen molar-refractivity contribution in [2.45, 2.75) is 26.7 Å². The number of hydrogen-bond acceptors (Lipinski definition) is 6. The summed E-state index contributed by atoms with van der Waals surface area (Å²) in [5.74, 6) is 2.65. The van der Waals surface area contributed by atoms with Gasteiger partial charge in [0, 0.05) is 30.7 Å². The van der Waals surface area contributed by atoms with Crippen LogP contribution < -0.4 is 14.8 Å². The maximum Gasteiger partial charge on any atom is 0.224 e. The zero-order valence-electron chi connectivity index (χ0n) is 19.5. The van der Waals surface area contributed by atoms with E-state index in [0.717, 1.165) is 33.7 Å². The fourth-order valence-corrected chi connectivity index (χ4v) is 3.63. The number of aryl methyl sites for hydroxylation is 1. The number of ketones is 1. The Hall–Kier alpha value is -4.19. The summed E-state index contributed by atoms with van der Waals surface area (Å²) in [5, 5.41) is 3.27. The Balaban J connectivity index is 1.38. The number of aromatic nitrogens is 2. The molecule has 0 spiro atoms. The molecule has 0 bridgehead atoms. The summed E-state index contributed by atoms with van der Waals surface area (Å²) in [7, 11) is 1.66.